The molecule has 2 N–H and O–H groups in total. The van der Waals surface area contributed by atoms with Crippen LogP contribution in [-0.4, -0.2) is 36.7 Å². The number of nitrogens with one attached hydrogen (secondary N) is 1. The summed E-state index contributed by atoms with van der Waals surface area (Å²) >= 11 is 6.18. The molecule has 0 aromatic heterocycles. The van der Waals surface area contributed by atoms with Crippen molar-refractivity contribution in [1.29, 1.82) is 0 Å². The first-order valence-corrected chi connectivity index (χ1v) is 7.88. The van der Waals surface area contributed by atoms with Gasteiger partial charge in [0.15, 0.2) is 11.5 Å². The van der Waals surface area contributed by atoms with Gasteiger partial charge in [0.05, 0.1) is 24.7 Å². The summed E-state index contributed by atoms with van der Waals surface area (Å²) in [4.78, 5) is 23.0. The van der Waals surface area contributed by atoms with Crippen LogP contribution < -0.4 is 14.8 Å². The van der Waals surface area contributed by atoms with Gasteiger partial charge in [0.25, 0.3) is 5.91 Å². The van der Waals surface area contributed by atoms with Crippen molar-refractivity contribution in [2.24, 2.45) is 5.92 Å². The van der Waals surface area contributed by atoms with Crippen molar-refractivity contribution >= 4 is 23.5 Å². The number of hydrogen-bond donors (Lipinski definition) is 2. The van der Waals surface area contributed by atoms with E-state index in [-0.39, 0.29) is 17.9 Å². The number of carbonyl (C=O) groups excluding carboxylic acids is 1. The summed E-state index contributed by atoms with van der Waals surface area (Å²) in [5.74, 6) is -0.683. The maximum absolute atomic E-state index is 12.3. The highest BCUT2D eigenvalue weighted by atomic mass is 35.5. The van der Waals surface area contributed by atoms with Crippen LogP contribution in [0.15, 0.2) is 12.1 Å². The van der Waals surface area contributed by atoms with Gasteiger partial charge in [0.1, 0.15) is 0 Å². The van der Waals surface area contributed by atoms with Crippen molar-refractivity contribution in [3.63, 3.8) is 0 Å². The molecule has 0 spiro atoms. The van der Waals surface area contributed by atoms with Crippen molar-refractivity contribution in [3.8, 4) is 11.5 Å². The molecule has 1 aromatic rings. The maximum atomic E-state index is 12.3. The molecule has 6 nitrogen and oxygen atoms in total. The van der Waals surface area contributed by atoms with Gasteiger partial charge in [-0.1, -0.05) is 18.5 Å². The molecular weight excluding hydrogens is 322 g/mol. The number of halogens is 1. The predicted octanol–water partition coefficient (Wildman–Crippen LogP) is 2.73. The molecular formula is C16H20ClNO5. The van der Waals surface area contributed by atoms with Gasteiger partial charge < -0.3 is 19.9 Å². The lowest BCUT2D eigenvalue weighted by molar-refractivity contribution is -0.145. The largest absolute Gasteiger partial charge is 0.493 e. The predicted molar refractivity (Wildman–Crippen MR) is 85.4 cm³/mol. The molecule has 23 heavy (non-hydrogen) atoms. The highest BCUT2D eigenvalue weighted by Gasteiger charge is 2.35. The number of amides is 1. The van der Waals surface area contributed by atoms with Crippen LogP contribution in [0.2, 0.25) is 5.02 Å². The number of methoxy groups -OCH3 is 1. The van der Waals surface area contributed by atoms with Crippen LogP contribution in [0.3, 0.4) is 0 Å². The molecule has 0 bridgehead atoms. The molecule has 1 fully saturated rings. The van der Waals surface area contributed by atoms with Gasteiger partial charge in [-0.3, -0.25) is 9.59 Å². The van der Waals surface area contributed by atoms with Crippen LogP contribution in [0.4, 0.5) is 0 Å². The smallest absolute Gasteiger partial charge is 0.306 e. The Kier molecular flexibility index (Phi) is 5.71. The van der Waals surface area contributed by atoms with E-state index in [1.807, 2.05) is 6.92 Å². The van der Waals surface area contributed by atoms with Crippen LogP contribution in [0, 0.1) is 5.92 Å². The second-order valence-corrected chi connectivity index (χ2v) is 5.92. The summed E-state index contributed by atoms with van der Waals surface area (Å²) < 4.78 is 10.8. The van der Waals surface area contributed by atoms with E-state index in [0.29, 0.717) is 41.5 Å². The van der Waals surface area contributed by atoms with Gasteiger partial charge in [-0.2, -0.15) is 0 Å². The van der Waals surface area contributed by atoms with Crippen molar-refractivity contribution in [2.45, 2.75) is 32.2 Å². The molecule has 1 saturated carbocycles. The summed E-state index contributed by atoms with van der Waals surface area (Å²) in [5, 5.41) is 12.0. The number of ether oxygens (including phenoxy) is 2. The Morgan fingerprint density at radius 3 is 2.65 bits per heavy atom. The standard InChI is InChI=1S/C16H20ClNO5/c1-3-4-23-14-12(17)7-9(8-13(14)22-2)15(19)18-11-5-10(6-11)16(20)21/h7-8,10-11H,3-6H2,1-2H3,(H,18,19)(H,20,21). The zero-order valence-corrected chi connectivity index (χ0v) is 13.9. The Morgan fingerprint density at radius 1 is 1.39 bits per heavy atom. The number of benzene rings is 1. The third kappa shape index (κ3) is 4.07. The van der Waals surface area contributed by atoms with Crippen molar-refractivity contribution in [3.05, 3.63) is 22.7 Å². The molecule has 1 amide bonds. The van der Waals surface area contributed by atoms with Gasteiger partial charge in [-0.25, -0.2) is 0 Å². The SMILES string of the molecule is CCCOc1c(Cl)cc(C(=O)NC2CC(C(=O)O)C2)cc1OC. The fraction of sp³-hybridized carbons (Fsp3) is 0.500. The van der Waals surface area contributed by atoms with E-state index in [9.17, 15) is 9.59 Å². The fourth-order valence-corrected chi connectivity index (χ4v) is 2.67. The van der Waals surface area contributed by atoms with Gasteiger partial charge in [-0.15, -0.1) is 0 Å². The maximum Gasteiger partial charge on any atom is 0.306 e. The van der Waals surface area contributed by atoms with Gasteiger partial charge in [0.2, 0.25) is 0 Å². The minimum atomic E-state index is -0.822. The molecule has 0 heterocycles. The number of hydrogen-bond acceptors (Lipinski definition) is 4. The molecule has 0 saturated heterocycles. The fourth-order valence-electron chi connectivity index (χ4n) is 2.40. The first kappa shape index (κ1) is 17.4. The molecule has 1 aliphatic rings. The number of carbonyl (C=O) groups is 2. The molecule has 7 heteroatoms. The zero-order valence-electron chi connectivity index (χ0n) is 13.1. The molecule has 0 atom stereocenters. The first-order valence-electron chi connectivity index (χ1n) is 7.50. The number of rotatable bonds is 7. The third-order valence-corrected chi connectivity index (χ3v) is 4.05. The minimum Gasteiger partial charge on any atom is -0.493 e. The quantitative estimate of drug-likeness (QED) is 0.796. The third-order valence-electron chi connectivity index (χ3n) is 3.76. The van der Waals surface area contributed by atoms with Crippen LogP contribution in [0.25, 0.3) is 0 Å². The highest BCUT2D eigenvalue weighted by Crippen LogP contribution is 2.37. The molecule has 126 valence electrons. The van der Waals surface area contributed by atoms with Crippen molar-refractivity contribution in [1.82, 2.24) is 5.32 Å². The Morgan fingerprint density at radius 2 is 2.09 bits per heavy atom. The lowest BCUT2D eigenvalue weighted by atomic mass is 9.80. The summed E-state index contributed by atoms with van der Waals surface area (Å²) in [6, 6.07) is 2.97. The van der Waals surface area contributed by atoms with Crippen LogP contribution in [0.5, 0.6) is 11.5 Å². The van der Waals surface area contributed by atoms with E-state index in [0.717, 1.165) is 6.42 Å². The molecule has 0 radical (unpaired) electrons. The Hall–Kier alpha value is -1.95. The number of aliphatic carboxylic acids is 1. The average molecular weight is 342 g/mol. The van der Waals surface area contributed by atoms with E-state index < -0.39 is 5.97 Å². The molecule has 1 aliphatic carbocycles. The molecule has 2 rings (SSSR count). The van der Waals surface area contributed by atoms with E-state index in [1.165, 1.54) is 13.2 Å². The van der Waals surface area contributed by atoms with Crippen LogP contribution in [-0.2, 0) is 4.79 Å². The Balaban J connectivity index is 2.06. The normalized spacial score (nSPS) is 19.6. The second-order valence-electron chi connectivity index (χ2n) is 5.51. The van der Waals surface area contributed by atoms with E-state index in [1.54, 1.807) is 6.07 Å². The second kappa shape index (κ2) is 7.55. The average Bonchev–Trinajstić information content (AvgIpc) is 2.47. The topological polar surface area (TPSA) is 84.9 Å². The van der Waals surface area contributed by atoms with E-state index >= 15 is 0 Å². The molecule has 0 unspecified atom stereocenters. The lowest BCUT2D eigenvalue weighted by Crippen LogP contribution is -2.46. The minimum absolute atomic E-state index is 0.121. The molecule has 0 aliphatic heterocycles. The molecule has 1 aromatic carbocycles. The summed E-state index contributed by atoms with van der Waals surface area (Å²) in [6.07, 6.45) is 1.72. The highest BCUT2D eigenvalue weighted by molar-refractivity contribution is 6.32. The summed E-state index contributed by atoms with van der Waals surface area (Å²) in [5.41, 5.74) is 0.356. The number of carboxylic acids is 1. The Labute approximate surface area is 139 Å². The van der Waals surface area contributed by atoms with Crippen molar-refractivity contribution < 1.29 is 24.2 Å². The first-order chi connectivity index (χ1) is 11.0. The monoisotopic (exact) mass is 341 g/mol. The summed E-state index contributed by atoms with van der Waals surface area (Å²) in [7, 11) is 1.48. The van der Waals surface area contributed by atoms with Gasteiger partial charge >= 0.3 is 5.97 Å². The van der Waals surface area contributed by atoms with E-state index in [2.05, 4.69) is 5.32 Å². The van der Waals surface area contributed by atoms with E-state index in [4.69, 9.17) is 26.2 Å². The number of carboxylic acid groups (broad SMARTS) is 1. The summed E-state index contributed by atoms with van der Waals surface area (Å²) in [6.45, 7) is 2.48. The van der Waals surface area contributed by atoms with Crippen LogP contribution >= 0.6 is 11.6 Å². The zero-order chi connectivity index (χ0) is 17.0. The van der Waals surface area contributed by atoms with Crippen LogP contribution in [0.1, 0.15) is 36.5 Å². The Bertz CT molecular complexity index is 598. The van der Waals surface area contributed by atoms with Gasteiger partial charge in [-0.05, 0) is 31.4 Å². The van der Waals surface area contributed by atoms with Gasteiger partial charge in [0, 0.05) is 11.6 Å². The van der Waals surface area contributed by atoms with Crippen molar-refractivity contribution in [2.75, 3.05) is 13.7 Å². The lowest BCUT2D eigenvalue weighted by Gasteiger charge is -2.32.